The van der Waals surface area contributed by atoms with E-state index in [1.54, 1.807) is 0 Å². The Kier molecular flexibility index (Phi) is 4.02. The van der Waals surface area contributed by atoms with Crippen molar-refractivity contribution in [1.29, 1.82) is 0 Å². The molecule has 9 heteroatoms. The van der Waals surface area contributed by atoms with Crippen LogP contribution in [0.3, 0.4) is 0 Å². The van der Waals surface area contributed by atoms with E-state index in [-0.39, 0.29) is 0 Å². The van der Waals surface area contributed by atoms with Crippen molar-refractivity contribution in [3.63, 3.8) is 0 Å². The molecule has 0 radical (unpaired) electrons. The van der Waals surface area contributed by atoms with E-state index in [4.69, 9.17) is 0 Å². The van der Waals surface area contributed by atoms with Gasteiger partial charge in [0.25, 0.3) is 5.60 Å². The van der Waals surface area contributed by atoms with Crippen LogP contribution in [0.4, 0.5) is 26.3 Å². The fourth-order valence-corrected chi connectivity index (χ4v) is 1.91. The first-order valence-electron chi connectivity index (χ1n) is 6.03. The van der Waals surface area contributed by atoms with Gasteiger partial charge < -0.3 is 9.52 Å². The Morgan fingerprint density at radius 2 is 1.43 bits per heavy atom. The number of carbonyl (C=O) groups is 1. The van der Waals surface area contributed by atoms with Gasteiger partial charge in [-0.3, -0.25) is 4.79 Å². The molecule has 1 aromatic heterocycles. The highest BCUT2D eigenvalue weighted by Crippen LogP contribution is 2.42. The van der Waals surface area contributed by atoms with Crippen molar-refractivity contribution in [3.05, 3.63) is 59.5 Å². The van der Waals surface area contributed by atoms with E-state index in [2.05, 4.69) is 4.42 Å². The molecule has 23 heavy (non-hydrogen) atoms. The van der Waals surface area contributed by atoms with Gasteiger partial charge in [-0.25, -0.2) is 0 Å². The lowest BCUT2D eigenvalue weighted by Gasteiger charge is -2.28. The number of halogens is 6. The lowest BCUT2D eigenvalue weighted by molar-refractivity contribution is -0.242. The maximum absolute atomic E-state index is 13.2. The minimum atomic E-state index is -5.46. The van der Waals surface area contributed by atoms with Crippen LogP contribution in [0.2, 0.25) is 0 Å². The van der Waals surface area contributed by atoms with Crippen LogP contribution in [0.5, 0.6) is 0 Å². The molecule has 0 aliphatic carbocycles. The molecular formula is C14H8F6O3. The predicted molar refractivity (Wildman–Crippen MR) is 64.4 cm³/mol. The van der Waals surface area contributed by atoms with E-state index in [9.17, 15) is 36.2 Å². The van der Waals surface area contributed by atoms with E-state index in [0.717, 1.165) is 18.4 Å². The van der Waals surface area contributed by atoms with Crippen LogP contribution < -0.4 is 0 Å². The number of aliphatic hydroxyl groups is 1. The highest BCUT2D eigenvalue weighted by atomic mass is 19.4. The third kappa shape index (κ3) is 2.96. The van der Waals surface area contributed by atoms with Crippen LogP contribution in [0.15, 0.2) is 47.1 Å². The summed E-state index contributed by atoms with van der Waals surface area (Å²) >= 11 is 0. The summed E-state index contributed by atoms with van der Waals surface area (Å²) in [5.41, 5.74) is -6.27. The monoisotopic (exact) mass is 338 g/mol. The van der Waals surface area contributed by atoms with Crippen molar-refractivity contribution in [2.75, 3.05) is 0 Å². The zero-order valence-electron chi connectivity index (χ0n) is 11.1. The SMILES string of the molecule is O=C(c1ccco1)[C@@](O)(c1ccc(C(F)(F)F)cc1)C(F)(F)F. The number of hydrogen-bond acceptors (Lipinski definition) is 3. The molecule has 124 valence electrons. The molecule has 0 bridgehead atoms. The van der Waals surface area contributed by atoms with Gasteiger partial charge in [0.05, 0.1) is 11.8 Å². The van der Waals surface area contributed by atoms with Gasteiger partial charge in [-0.05, 0) is 24.3 Å². The molecule has 2 aromatic rings. The molecule has 0 aliphatic rings. The standard InChI is InChI=1S/C14H8F6O3/c15-13(16,17)9-5-3-8(4-6-9)12(22,14(18,19)20)11(21)10-2-1-7-23-10/h1-7,22H/t12-/m0/s1. The number of alkyl halides is 6. The van der Waals surface area contributed by atoms with E-state index in [1.807, 2.05) is 0 Å². The maximum Gasteiger partial charge on any atom is 0.429 e. The molecule has 1 aromatic carbocycles. The number of carbonyl (C=O) groups excluding carboxylic acids is 1. The second-order valence-corrected chi connectivity index (χ2v) is 4.59. The average molecular weight is 338 g/mol. The molecule has 0 aliphatic heterocycles. The summed E-state index contributed by atoms with van der Waals surface area (Å²) in [7, 11) is 0. The van der Waals surface area contributed by atoms with Gasteiger partial charge in [-0.15, -0.1) is 0 Å². The summed E-state index contributed by atoms with van der Waals surface area (Å²) in [5.74, 6) is -2.60. The molecular weight excluding hydrogens is 330 g/mol. The Hall–Kier alpha value is -2.29. The minimum absolute atomic E-state index is 0.349. The van der Waals surface area contributed by atoms with E-state index < -0.39 is 40.6 Å². The van der Waals surface area contributed by atoms with Crippen molar-refractivity contribution in [3.8, 4) is 0 Å². The van der Waals surface area contributed by atoms with Crippen molar-refractivity contribution in [1.82, 2.24) is 0 Å². The third-order valence-electron chi connectivity index (χ3n) is 3.11. The molecule has 3 nitrogen and oxygen atoms in total. The van der Waals surface area contributed by atoms with E-state index in [0.29, 0.717) is 24.3 Å². The summed E-state index contributed by atoms with van der Waals surface area (Å²) in [6.07, 6.45) is -9.30. The Bertz CT molecular complexity index is 685. The molecule has 0 saturated carbocycles. The lowest BCUT2D eigenvalue weighted by atomic mass is 9.87. The van der Waals surface area contributed by atoms with Crippen molar-refractivity contribution >= 4 is 5.78 Å². The first kappa shape index (κ1) is 17.1. The molecule has 1 atom stereocenters. The molecule has 0 spiro atoms. The Morgan fingerprint density at radius 3 is 1.83 bits per heavy atom. The number of furan rings is 1. The summed E-state index contributed by atoms with van der Waals surface area (Å²) in [6, 6.07) is 3.54. The second-order valence-electron chi connectivity index (χ2n) is 4.59. The molecule has 0 unspecified atom stereocenters. The van der Waals surface area contributed by atoms with E-state index >= 15 is 0 Å². The van der Waals surface area contributed by atoms with Crippen molar-refractivity contribution in [2.45, 2.75) is 18.0 Å². The zero-order valence-corrected chi connectivity index (χ0v) is 11.1. The van der Waals surface area contributed by atoms with Crippen LogP contribution in [0.1, 0.15) is 21.7 Å². The Morgan fingerprint density at radius 1 is 0.913 bits per heavy atom. The number of rotatable bonds is 3. The quantitative estimate of drug-likeness (QED) is 0.681. The van der Waals surface area contributed by atoms with Crippen LogP contribution in [-0.2, 0) is 11.8 Å². The largest absolute Gasteiger partial charge is 0.461 e. The molecule has 2 rings (SSSR count). The third-order valence-corrected chi connectivity index (χ3v) is 3.11. The fourth-order valence-electron chi connectivity index (χ4n) is 1.91. The smallest absolute Gasteiger partial charge is 0.429 e. The van der Waals surface area contributed by atoms with Gasteiger partial charge in [-0.1, -0.05) is 12.1 Å². The number of Topliss-reactive ketones (excluding diaryl/α,β-unsaturated/α-hetero) is 1. The van der Waals surface area contributed by atoms with E-state index in [1.165, 1.54) is 0 Å². The van der Waals surface area contributed by atoms with Gasteiger partial charge in [0.2, 0.25) is 5.78 Å². The highest BCUT2D eigenvalue weighted by Gasteiger charge is 2.61. The lowest BCUT2D eigenvalue weighted by Crippen LogP contribution is -2.49. The van der Waals surface area contributed by atoms with Gasteiger partial charge in [0.15, 0.2) is 5.76 Å². The Balaban J connectivity index is 2.54. The van der Waals surface area contributed by atoms with Gasteiger partial charge >= 0.3 is 12.4 Å². The van der Waals surface area contributed by atoms with Crippen molar-refractivity contribution < 1.29 is 40.7 Å². The molecule has 1 heterocycles. The first-order valence-corrected chi connectivity index (χ1v) is 6.03. The van der Waals surface area contributed by atoms with Crippen molar-refractivity contribution in [2.24, 2.45) is 0 Å². The summed E-state index contributed by atoms with van der Waals surface area (Å²) < 4.78 is 81.6. The van der Waals surface area contributed by atoms with Crippen LogP contribution >= 0.6 is 0 Å². The van der Waals surface area contributed by atoms with Gasteiger partial charge in [0.1, 0.15) is 0 Å². The molecule has 0 saturated heterocycles. The number of ketones is 1. The molecule has 0 amide bonds. The normalized spacial score (nSPS) is 15.3. The zero-order chi connectivity index (χ0) is 17.5. The van der Waals surface area contributed by atoms with Gasteiger partial charge in [0, 0.05) is 5.56 Å². The first-order chi connectivity index (χ1) is 10.5. The summed E-state index contributed by atoms with van der Waals surface area (Å²) in [6.45, 7) is 0. The maximum atomic E-state index is 13.2. The Labute approximate surface area is 125 Å². The van der Waals surface area contributed by atoms with Gasteiger partial charge in [-0.2, -0.15) is 26.3 Å². The number of benzene rings is 1. The molecule has 0 fully saturated rings. The van der Waals surface area contributed by atoms with Crippen LogP contribution in [0.25, 0.3) is 0 Å². The second kappa shape index (κ2) is 5.41. The van der Waals surface area contributed by atoms with Crippen LogP contribution in [-0.4, -0.2) is 17.1 Å². The minimum Gasteiger partial charge on any atom is -0.461 e. The summed E-state index contributed by atoms with van der Waals surface area (Å²) in [5, 5.41) is 9.94. The topological polar surface area (TPSA) is 50.4 Å². The highest BCUT2D eigenvalue weighted by molar-refractivity contribution is 6.01. The molecule has 1 N–H and O–H groups in total. The average Bonchev–Trinajstić information content (AvgIpc) is 2.97. The summed E-state index contributed by atoms with van der Waals surface area (Å²) in [4.78, 5) is 12.0. The predicted octanol–water partition coefficient (Wildman–Crippen LogP) is 3.93. The van der Waals surface area contributed by atoms with Crippen LogP contribution in [0, 0.1) is 0 Å². The number of hydrogen-bond donors (Lipinski definition) is 1. The fraction of sp³-hybridized carbons (Fsp3) is 0.214.